The smallest absolute Gasteiger partial charge is 0.253 e. The number of benzene rings is 3. The van der Waals surface area contributed by atoms with Gasteiger partial charge in [0.15, 0.2) is 5.78 Å². The Balaban J connectivity index is 1.62. The monoisotopic (exact) mass is 459 g/mol. The Hall–Kier alpha value is -3.41. The fraction of sp³-hybridized carbons (Fsp3) is 0.185. The summed E-state index contributed by atoms with van der Waals surface area (Å²) < 4.78 is 0. The van der Waals surface area contributed by atoms with Crippen LogP contribution in [0.1, 0.15) is 43.4 Å². The molecule has 0 saturated heterocycles. The number of hydrogen-bond acceptors (Lipinski definition) is 3. The number of rotatable bonds is 8. The van der Waals surface area contributed by atoms with Crippen molar-refractivity contribution in [2.45, 2.75) is 19.4 Å². The number of ketones is 1. The zero-order chi connectivity index (χ0) is 23.4. The summed E-state index contributed by atoms with van der Waals surface area (Å²) in [6, 6.07) is 20.5. The third kappa shape index (κ3) is 4.85. The minimum atomic E-state index is -0.530. The first-order valence-corrected chi connectivity index (χ1v) is 11.3. The number of amides is 1. The maximum Gasteiger partial charge on any atom is 0.253 e. The summed E-state index contributed by atoms with van der Waals surface area (Å²) in [5.74, 6) is -0.259. The normalized spacial score (nSPS) is 12.0. The first kappa shape index (κ1) is 22.8. The van der Waals surface area contributed by atoms with Gasteiger partial charge in [0.25, 0.3) is 5.91 Å². The van der Waals surface area contributed by atoms with Gasteiger partial charge in [0.2, 0.25) is 0 Å². The molecule has 3 aromatic carbocycles. The van der Waals surface area contributed by atoms with Gasteiger partial charge in [-0.05, 0) is 42.2 Å². The second-order valence-corrected chi connectivity index (χ2v) is 8.42. The predicted molar refractivity (Wildman–Crippen MR) is 133 cm³/mol. The third-order valence-corrected chi connectivity index (χ3v) is 6.15. The van der Waals surface area contributed by atoms with Crippen molar-refractivity contribution in [1.82, 2.24) is 15.6 Å². The Morgan fingerprint density at radius 2 is 1.79 bits per heavy atom. The number of carbonyl (C=O) groups is 2. The SMILES string of the molecule is CNC(=O)c1cccc2c(C(=O)[C@@H](NCCc3ccc(C)cc3Cl)c3ccccc3)c[nH]c12. The van der Waals surface area contributed by atoms with Crippen molar-refractivity contribution in [1.29, 1.82) is 0 Å². The first-order valence-electron chi connectivity index (χ1n) is 10.9. The van der Waals surface area contributed by atoms with Gasteiger partial charge in [-0.3, -0.25) is 9.59 Å². The maximum atomic E-state index is 13.7. The minimum Gasteiger partial charge on any atom is -0.360 e. The number of Topliss-reactive ketones (excluding diaryl/α,β-unsaturated/α-hetero) is 1. The molecule has 1 amide bonds. The molecule has 0 aliphatic carbocycles. The maximum absolute atomic E-state index is 13.7. The molecule has 33 heavy (non-hydrogen) atoms. The van der Waals surface area contributed by atoms with Gasteiger partial charge in [-0.1, -0.05) is 66.2 Å². The highest BCUT2D eigenvalue weighted by Gasteiger charge is 2.25. The zero-order valence-electron chi connectivity index (χ0n) is 18.6. The van der Waals surface area contributed by atoms with Crippen LogP contribution in [0.5, 0.6) is 0 Å². The van der Waals surface area contributed by atoms with E-state index >= 15 is 0 Å². The molecule has 0 fully saturated rings. The summed E-state index contributed by atoms with van der Waals surface area (Å²) in [5, 5.41) is 7.53. The fourth-order valence-corrected chi connectivity index (χ4v) is 4.38. The van der Waals surface area contributed by atoms with E-state index in [2.05, 4.69) is 15.6 Å². The van der Waals surface area contributed by atoms with Crippen LogP contribution in [-0.2, 0) is 6.42 Å². The summed E-state index contributed by atoms with van der Waals surface area (Å²) >= 11 is 6.39. The van der Waals surface area contributed by atoms with Crippen molar-refractivity contribution in [3.05, 3.63) is 106 Å². The molecule has 0 saturated carbocycles. The van der Waals surface area contributed by atoms with Crippen LogP contribution in [0.4, 0.5) is 0 Å². The number of hydrogen-bond donors (Lipinski definition) is 3. The molecule has 4 rings (SSSR count). The van der Waals surface area contributed by atoms with Gasteiger partial charge in [0, 0.05) is 35.8 Å². The number of para-hydroxylation sites is 1. The van der Waals surface area contributed by atoms with Crippen molar-refractivity contribution in [2.24, 2.45) is 0 Å². The third-order valence-electron chi connectivity index (χ3n) is 5.80. The molecule has 6 heteroatoms. The van der Waals surface area contributed by atoms with E-state index in [-0.39, 0.29) is 11.7 Å². The van der Waals surface area contributed by atoms with Gasteiger partial charge in [0.05, 0.1) is 17.1 Å². The Morgan fingerprint density at radius 1 is 1.00 bits per heavy atom. The zero-order valence-corrected chi connectivity index (χ0v) is 19.4. The number of aromatic nitrogens is 1. The number of aromatic amines is 1. The summed E-state index contributed by atoms with van der Waals surface area (Å²) in [5.41, 5.74) is 4.74. The van der Waals surface area contributed by atoms with E-state index < -0.39 is 6.04 Å². The average molecular weight is 460 g/mol. The summed E-state index contributed by atoms with van der Waals surface area (Å²) in [7, 11) is 1.59. The van der Waals surface area contributed by atoms with Crippen LogP contribution in [0.15, 0.2) is 72.9 Å². The Bertz CT molecular complexity index is 1300. The highest BCUT2D eigenvalue weighted by atomic mass is 35.5. The number of fused-ring (bicyclic) bond motifs is 1. The average Bonchev–Trinajstić information content (AvgIpc) is 3.27. The number of carbonyl (C=O) groups excluding carboxylic acids is 2. The van der Waals surface area contributed by atoms with Crippen molar-refractivity contribution >= 4 is 34.2 Å². The van der Waals surface area contributed by atoms with E-state index in [1.54, 1.807) is 25.4 Å². The first-order chi connectivity index (χ1) is 16.0. The van der Waals surface area contributed by atoms with E-state index in [0.717, 1.165) is 27.1 Å². The highest BCUT2D eigenvalue weighted by molar-refractivity contribution is 6.31. The highest BCUT2D eigenvalue weighted by Crippen LogP contribution is 2.27. The molecule has 168 valence electrons. The number of halogens is 1. The van der Waals surface area contributed by atoms with Crippen LogP contribution in [0, 0.1) is 6.92 Å². The van der Waals surface area contributed by atoms with Crippen molar-refractivity contribution < 1.29 is 9.59 Å². The lowest BCUT2D eigenvalue weighted by Crippen LogP contribution is -2.30. The van der Waals surface area contributed by atoms with Gasteiger partial charge < -0.3 is 15.6 Å². The van der Waals surface area contributed by atoms with Crippen LogP contribution in [0.2, 0.25) is 5.02 Å². The standard InChI is InChI=1S/C27H26ClN3O2/c1-17-11-12-18(23(28)15-17)13-14-30-24(19-7-4-3-5-8-19)26(32)22-16-31-25-20(22)9-6-10-21(25)27(33)29-2/h3-12,15-16,24,30-31H,13-14H2,1-2H3,(H,29,33)/t24-/m0/s1. The van der Waals surface area contributed by atoms with E-state index in [9.17, 15) is 9.59 Å². The van der Waals surface area contributed by atoms with Gasteiger partial charge in [-0.25, -0.2) is 0 Å². The topological polar surface area (TPSA) is 74.0 Å². The van der Waals surface area contributed by atoms with E-state index in [1.807, 2.05) is 61.5 Å². The lowest BCUT2D eigenvalue weighted by Gasteiger charge is -2.18. The molecule has 0 bridgehead atoms. The molecule has 1 aromatic heterocycles. The van der Waals surface area contributed by atoms with Crippen LogP contribution in [-0.4, -0.2) is 30.3 Å². The quantitative estimate of drug-likeness (QED) is 0.315. The molecule has 1 heterocycles. The second kappa shape index (κ2) is 10.0. The van der Waals surface area contributed by atoms with E-state index in [4.69, 9.17) is 11.6 Å². The lowest BCUT2D eigenvalue weighted by atomic mass is 9.96. The molecule has 0 unspecified atom stereocenters. The van der Waals surface area contributed by atoms with Gasteiger partial charge in [-0.15, -0.1) is 0 Å². The number of nitrogens with one attached hydrogen (secondary N) is 3. The van der Waals surface area contributed by atoms with Crippen molar-refractivity contribution in [3.8, 4) is 0 Å². The molecule has 4 aromatic rings. The molecule has 3 N–H and O–H groups in total. The van der Waals surface area contributed by atoms with Crippen molar-refractivity contribution in [2.75, 3.05) is 13.6 Å². The number of aryl methyl sites for hydroxylation is 1. The summed E-state index contributed by atoms with van der Waals surface area (Å²) in [6.07, 6.45) is 2.39. The summed E-state index contributed by atoms with van der Waals surface area (Å²) in [6.45, 7) is 2.59. The molecular weight excluding hydrogens is 434 g/mol. The second-order valence-electron chi connectivity index (χ2n) is 8.02. The van der Waals surface area contributed by atoms with Crippen LogP contribution >= 0.6 is 11.6 Å². The summed E-state index contributed by atoms with van der Waals surface area (Å²) in [4.78, 5) is 29.1. The largest absolute Gasteiger partial charge is 0.360 e. The van der Waals surface area contributed by atoms with E-state index in [1.165, 1.54) is 0 Å². The lowest BCUT2D eigenvalue weighted by molar-refractivity contribution is 0.0941. The van der Waals surface area contributed by atoms with Gasteiger partial charge >= 0.3 is 0 Å². The fourth-order valence-electron chi connectivity index (χ4n) is 4.05. The van der Waals surface area contributed by atoms with Gasteiger partial charge in [0.1, 0.15) is 0 Å². The van der Waals surface area contributed by atoms with Crippen molar-refractivity contribution in [3.63, 3.8) is 0 Å². The Labute approximate surface area is 198 Å². The molecular formula is C27H26ClN3O2. The van der Waals surface area contributed by atoms with E-state index in [0.29, 0.717) is 29.6 Å². The molecule has 1 atom stereocenters. The van der Waals surface area contributed by atoms with Crippen LogP contribution in [0.25, 0.3) is 10.9 Å². The van der Waals surface area contributed by atoms with Gasteiger partial charge in [-0.2, -0.15) is 0 Å². The Kier molecular flexibility index (Phi) is 6.92. The number of H-pyrrole nitrogens is 1. The predicted octanol–water partition coefficient (Wildman–Crippen LogP) is 5.25. The molecule has 0 spiro atoms. The Morgan fingerprint density at radius 3 is 2.52 bits per heavy atom. The van der Waals surface area contributed by atoms with Crippen LogP contribution in [0.3, 0.4) is 0 Å². The van der Waals surface area contributed by atoms with Crippen LogP contribution < -0.4 is 10.6 Å². The molecule has 0 aliphatic heterocycles. The molecule has 0 aliphatic rings. The molecule has 0 radical (unpaired) electrons. The molecule has 5 nitrogen and oxygen atoms in total. The minimum absolute atomic E-state index is 0.0588.